The fourth-order valence-electron chi connectivity index (χ4n) is 4.21. The Morgan fingerprint density at radius 1 is 1.20 bits per heavy atom. The molecule has 0 aromatic heterocycles. The highest BCUT2D eigenvalue weighted by atomic mass is 32.2. The molecule has 158 valence electrons. The van der Waals surface area contributed by atoms with E-state index in [1.54, 1.807) is 0 Å². The summed E-state index contributed by atoms with van der Waals surface area (Å²) in [7, 11) is -3.16. The number of sulfone groups is 1. The summed E-state index contributed by atoms with van der Waals surface area (Å²) in [5.74, 6) is 0.758. The lowest BCUT2D eigenvalue weighted by Crippen LogP contribution is -2.41. The van der Waals surface area contributed by atoms with Crippen molar-refractivity contribution in [3.05, 3.63) is 29.3 Å². The Balaban J connectivity index is 1.42. The molecule has 0 radical (unpaired) electrons. The fraction of sp³-hybridized carbons (Fsp3) is 0.450. The number of rotatable bonds is 3. The van der Waals surface area contributed by atoms with Crippen molar-refractivity contribution in [3.8, 4) is 11.5 Å². The van der Waals surface area contributed by atoms with Crippen LogP contribution < -0.4 is 14.8 Å². The zero-order valence-electron chi connectivity index (χ0n) is 16.2. The summed E-state index contributed by atoms with van der Waals surface area (Å²) >= 11 is 0. The van der Waals surface area contributed by atoms with Gasteiger partial charge >= 0.3 is 0 Å². The van der Waals surface area contributed by atoms with Gasteiger partial charge in [0.2, 0.25) is 18.5 Å². The minimum absolute atomic E-state index is 0.0428. The van der Waals surface area contributed by atoms with E-state index in [1.807, 2.05) is 12.1 Å². The monoisotopic (exact) mass is 431 g/mol. The van der Waals surface area contributed by atoms with E-state index in [-0.39, 0.29) is 48.5 Å². The van der Waals surface area contributed by atoms with Gasteiger partial charge in [0.15, 0.2) is 21.3 Å². The summed E-state index contributed by atoms with van der Waals surface area (Å²) in [5.41, 5.74) is 2.89. The Morgan fingerprint density at radius 2 is 2.00 bits per heavy atom. The Hall–Kier alpha value is -2.88. The first-order chi connectivity index (χ1) is 14.4. The van der Waals surface area contributed by atoms with Crippen LogP contribution in [0.1, 0.15) is 30.4 Å². The number of hydrazone groups is 1. The van der Waals surface area contributed by atoms with Gasteiger partial charge in [0, 0.05) is 36.7 Å². The number of allylic oxidation sites excluding steroid dienone is 1. The van der Waals surface area contributed by atoms with Crippen molar-refractivity contribution in [2.75, 3.05) is 24.8 Å². The molecule has 0 bridgehead atoms. The molecule has 1 unspecified atom stereocenters. The molecule has 1 N–H and O–H groups in total. The summed E-state index contributed by atoms with van der Waals surface area (Å²) in [6, 6.07) is 3.31. The van der Waals surface area contributed by atoms with Crippen LogP contribution >= 0.6 is 0 Å². The van der Waals surface area contributed by atoms with Gasteiger partial charge in [0.25, 0.3) is 0 Å². The number of carbonyl (C=O) groups is 2. The molecule has 4 aliphatic rings. The number of amides is 1. The van der Waals surface area contributed by atoms with E-state index in [0.717, 1.165) is 17.5 Å². The Morgan fingerprint density at radius 3 is 2.77 bits per heavy atom. The molecule has 0 saturated carbocycles. The maximum Gasteiger partial charge on any atom is 0.243 e. The highest BCUT2D eigenvalue weighted by molar-refractivity contribution is 7.91. The van der Waals surface area contributed by atoms with Gasteiger partial charge < -0.3 is 14.8 Å². The van der Waals surface area contributed by atoms with Crippen LogP contribution in [-0.4, -0.2) is 61.7 Å². The zero-order chi connectivity index (χ0) is 20.9. The van der Waals surface area contributed by atoms with Gasteiger partial charge in [-0.2, -0.15) is 5.10 Å². The van der Waals surface area contributed by atoms with Crippen molar-refractivity contribution >= 4 is 32.9 Å². The highest BCUT2D eigenvalue weighted by Gasteiger charge is 2.37. The number of benzene rings is 1. The normalized spacial score (nSPS) is 25.7. The van der Waals surface area contributed by atoms with Gasteiger partial charge in [0.1, 0.15) is 5.71 Å². The summed E-state index contributed by atoms with van der Waals surface area (Å²) in [5, 5.41) is 8.72. The number of fused-ring (bicyclic) bond motifs is 2. The predicted octanol–water partition coefficient (Wildman–Crippen LogP) is 0.637. The van der Waals surface area contributed by atoms with Gasteiger partial charge in [-0.3, -0.25) is 9.59 Å². The van der Waals surface area contributed by atoms with E-state index in [2.05, 4.69) is 10.4 Å². The first-order valence-electron chi connectivity index (χ1n) is 9.92. The Labute approximate surface area is 173 Å². The predicted molar refractivity (Wildman–Crippen MR) is 108 cm³/mol. The number of ether oxygens (including phenoxy) is 2. The van der Waals surface area contributed by atoms with E-state index >= 15 is 0 Å². The van der Waals surface area contributed by atoms with Crippen LogP contribution in [-0.2, 0) is 25.8 Å². The molecule has 1 fully saturated rings. The molecule has 9 nitrogen and oxygen atoms in total. The first kappa shape index (κ1) is 19.1. The molecular weight excluding hydrogens is 410 g/mol. The number of nitrogens with zero attached hydrogens (tertiary/aromatic N) is 2. The third-order valence-corrected chi connectivity index (χ3v) is 7.52. The molecule has 1 saturated heterocycles. The summed E-state index contributed by atoms with van der Waals surface area (Å²) in [4.78, 5) is 25.2. The van der Waals surface area contributed by atoms with E-state index in [9.17, 15) is 18.0 Å². The topological polar surface area (TPSA) is 114 Å². The number of carbonyl (C=O) groups excluding carboxylic acids is 2. The molecule has 0 spiro atoms. The number of nitrogens with one attached hydrogen (secondary N) is 1. The van der Waals surface area contributed by atoms with Crippen LogP contribution in [0, 0.1) is 0 Å². The summed E-state index contributed by atoms with van der Waals surface area (Å²) in [6.45, 7) is 0.865. The minimum atomic E-state index is -3.16. The molecule has 5 rings (SSSR count). The third kappa shape index (κ3) is 3.45. The van der Waals surface area contributed by atoms with Gasteiger partial charge in [-0.25, -0.2) is 13.4 Å². The lowest BCUT2D eigenvalue weighted by Gasteiger charge is -2.27. The molecule has 0 aliphatic carbocycles. The fourth-order valence-corrected chi connectivity index (χ4v) is 5.91. The first-order valence-corrected chi connectivity index (χ1v) is 11.7. The van der Waals surface area contributed by atoms with Crippen molar-refractivity contribution in [1.82, 2.24) is 10.3 Å². The van der Waals surface area contributed by atoms with Crippen molar-refractivity contribution in [2.24, 2.45) is 5.10 Å². The Kier molecular flexibility index (Phi) is 4.53. The van der Waals surface area contributed by atoms with Crippen molar-refractivity contribution in [2.45, 2.75) is 31.7 Å². The smallest absolute Gasteiger partial charge is 0.243 e. The molecule has 4 aliphatic heterocycles. The van der Waals surface area contributed by atoms with Crippen LogP contribution in [0.15, 0.2) is 23.3 Å². The highest BCUT2D eigenvalue weighted by Crippen LogP contribution is 2.38. The van der Waals surface area contributed by atoms with Gasteiger partial charge in [-0.1, -0.05) is 0 Å². The standard InChI is InChI=1S/C20H21N3O6S/c24-17(15-1-2-20(25)23(22-15)13-4-6-30(26,27)10-13)9-16-14-8-19-18(28-11-29-19)7-12(14)3-5-21-16/h7-9,13,21H,1-6,10-11H2. The van der Waals surface area contributed by atoms with E-state index in [0.29, 0.717) is 30.2 Å². The van der Waals surface area contributed by atoms with Crippen LogP contribution in [0.3, 0.4) is 0 Å². The average molecular weight is 431 g/mol. The molecule has 4 heterocycles. The quantitative estimate of drug-likeness (QED) is 0.699. The van der Waals surface area contributed by atoms with E-state index in [4.69, 9.17) is 9.47 Å². The van der Waals surface area contributed by atoms with Crippen molar-refractivity contribution in [1.29, 1.82) is 0 Å². The second-order valence-corrected chi connectivity index (χ2v) is 10.0. The van der Waals surface area contributed by atoms with Crippen LogP contribution in [0.4, 0.5) is 0 Å². The SMILES string of the molecule is O=C(C=C1NCCc2cc3c(cc21)OCO3)C1=NN(C2CCS(=O)(=O)C2)C(=O)CC1. The third-order valence-electron chi connectivity index (χ3n) is 5.77. The molecule has 1 aromatic carbocycles. The zero-order valence-corrected chi connectivity index (χ0v) is 17.0. The largest absolute Gasteiger partial charge is 0.454 e. The van der Waals surface area contributed by atoms with Gasteiger partial charge in [-0.15, -0.1) is 0 Å². The lowest BCUT2D eigenvalue weighted by atomic mass is 9.95. The number of hydrogen-bond acceptors (Lipinski definition) is 8. The van der Waals surface area contributed by atoms with Gasteiger partial charge in [0.05, 0.1) is 17.5 Å². The van der Waals surface area contributed by atoms with Crippen LogP contribution in [0.5, 0.6) is 11.5 Å². The van der Waals surface area contributed by atoms with Crippen LogP contribution in [0.2, 0.25) is 0 Å². The number of ketones is 1. The molecule has 1 amide bonds. The molecule has 30 heavy (non-hydrogen) atoms. The minimum Gasteiger partial charge on any atom is -0.454 e. The van der Waals surface area contributed by atoms with Crippen LogP contribution in [0.25, 0.3) is 5.70 Å². The molecule has 10 heteroatoms. The van der Waals surface area contributed by atoms with Crippen molar-refractivity contribution in [3.63, 3.8) is 0 Å². The summed E-state index contributed by atoms with van der Waals surface area (Å²) < 4.78 is 34.4. The Bertz CT molecular complexity index is 1110. The molecular formula is C20H21N3O6S. The van der Waals surface area contributed by atoms with E-state index in [1.165, 1.54) is 11.1 Å². The van der Waals surface area contributed by atoms with Gasteiger partial charge in [-0.05, 0) is 30.5 Å². The average Bonchev–Trinajstić information content (AvgIpc) is 3.32. The number of hydrogen-bond donors (Lipinski definition) is 1. The molecule has 1 atom stereocenters. The van der Waals surface area contributed by atoms with E-state index < -0.39 is 15.9 Å². The second kappa shape index (κ2) is 7.12. The lowest BCUT2D eigenvalue weighted by molar-refractivity contribution is -0.133. The second-order valence-electron chi connectivity index (χ2n) is 7.80. The van der Waals surface area contributed by atoms with Crippen molar-refractivity contribution < 1.29 is 27.5 Å². The summed E-state index contributed by atoms with van der Waals surface area (Å²) in [6.07, 6.45) is 3.04. The maximum atomic E-state index is 12.9. The molecule has 1 aromatic rings. The maximum absolute atomic E-state index is 12.9.